The van der Waals surface area contributed by atoms with E-state index >= 15 is 0 Å². The zero-order valence-corrected chi connectivity index (χ0v) is 16.2. The Labute approximate surface area is 166 Å². The highest BCUT2D eigenvalue weighted by molar-refractivity contribution is 5.34. The minimum atomic E-state index is -0.714. The molecule has 0 aliphatic heterocycles. The summed E-state index contributed by atoms with van der Waals surface area (Å²) in [6.45, 7) is 3.05. The number of hydrogen-bond donors (Lipinski definition) is 2. The van der Waals surface area contributed by atoms with E-state index in [1.165, 1.54) is 5.56 Å². The zero-order chi connectivity index (χ0) is 20.2. The van der Waals surface area contributed by atoms with E-state index in [-0.39, 0.29) is 32.3 Å². The van der Waals surface area contributed by atoms with Crippen LogP contribution in [0, 0.1) is 18.3 Å². The molecule has 0 aromatic heterocycles. The average Bonchev–Trinajstić information content (AvgIpc) is 2.72. The fraction of sp³-hybridized carbons (Fsp3) is 0.391. The van der Waals surface area contributed by atoms with E-state index in [2.05, 4.69) is 5.92 Å². The third kappa shape index (κ3) is 8.01. The monoisotopic (exact) mass is 384 g/mol. The Morgan fingerprint density at radius 2 is 1.43 bits per heavy atom. The van der Waals surface area contributed by atoms with E-state index in [1.54, 1.807) is 0 Å². The quantitative estimate of drug-likeness (QED) is 0.435. The van der Waals surface area contributed by atoms with Crippen LogP contribution >= 0.6 is 0 Å². The third-order valence-corrected chi connectivity index (χ3v) is 4.04. The Hall–Kier alpha value is -2.52. The molecular formula is C23H28O5. The lowest BCUT2D eigenvalue weighted by Gasteiger charge is -2.12. The minimum absolute atomic E-state index is 0.121. The second kappa shape index (κ2) is 12.0. The smallest absolute Gasteiger partial charge is 0.119 e. The van der Waals surface area contributed by atoms with Gasteiger partial charge in [0.15, 0.2) is 0 Å². The summed E-state index contributed by atoms with van der Waals surface area (Å²) >= 11 is 0. The van der Waals surface area contributed by atoms with Crippen molar-refractivity contribution in [2.24, 2.45) is 5.92 Å². The van der Waals surface area contributed by atoms with Crippen molar-refractivity contribution in [3.05, 3.63) is 59.7 Å². The van der Waals surface area contributed by atoms with Crippen LogP contribution in [0.2, 0.25) is 0 Å². The molecule has 0 saturated heterocycles. The molecule has 0 radical (unpaired) electrons. The maximum Gasteiger partial charge on any atom is 0.119 e. The summed E-state index contributed by atoms with van der Waals surface area (Å²) in [5, 5.41) is 18.8. The molecule has 0 heterocycles. The van der Waals surface area contributed by atoms with Gasteiger partial charge >= 0.3 is 0 Å². The number of rotatable bonds is 12. The summed E-state index contributed by atoms with van der Waals surface area (Å²) in [6.07, 6.45) is 5.17. The number of aliphatic hydroxyl groups is 2. The van der Waals surface area contributed by atoms with Crippen LogP contribution in [0.5, 0.6) is 11.5 Å². The van der Waals surface area contributed by atoms with Gasteiger partial charge in [-0.3, -0.25) is 0 Å². The van der Waals surface area contributed by atoms with E-state index in [1.807, 2.05) is 55.5 Å². The molecule has 0 aliphatic carbocycles. The van der Waals surface area contributed by atoms with Gasteiger partial charge in [0.2, 0.25) is 0 Å². The van der Waals surface area contributed by atoms with Crippen molar-refractivity contribution in [3.8, 4) is 23.8 Å². The Morgan fingerprint density at radius 3 is 1.93 bits per heavy atom. The molecule has 5 heteroatoms. The molecule has 150 valence electrons. The number of terminal acetylenes is 1. The van der Waals surface area contributed by atoms with Gasteiger partial charge in [-0.15, -0.1) is 6.42 Å². The highest BCUT2D eigenvalue weighted by Crippen LogP contribution is 2.18. The summed E-state index contributed by atoms with van der Waals surface area (Å²) < 4.78 is 16.3. The van der Waals surface area contributed by atoms with Crippen LogP contribution in [0.15, 0.2) is 48.5 Å². The van der Waals surface area contributed by atoms with Gasteiger partial charge in [0, 0.05) is 12.5 Å². The molecule has 0 saturated carbocycles. The van der Waals surface area contributed by atoms with Gasteiger partial charge in [-0.2, -0.15) is 0 Å². The second-order valence-electron chi connectivity index (χ2n) is 6.75. The minimum Gasteiger partial charge on any atom is -0.493 e. The van der Waals surface area contributed by atoms with Gasteiger partial charge in [-0.25, -0.2) is 0 Å². The first-order chi connectivity index (χ1) is 13.6. The highest BCUT2D eigenvalue weighted by Gasteiger charge is 2.06. The van der Waals surface area contributed by atoms with E-state index in [4.69, 9.17) is 25.7 Å². The number of benzene rings is 2. The van der Waals surface area contributed by atoms with Crippen LogP contribution in [-0.2, 0) is 11.2 Å². The van der Waals surface area contributed by atoms with Crippen LogP contribution in [-0.4, -0.2) is 49.4 Å². The first-order valence-corrected chi connectivity index (χ1v) is 9.34. The molecule has 28 heavy (non-hydrogen) atoms. The lowest BCUT2D eigenvalue weighted by atomic mass is 10.0. The van der Waals surface area contributed by atoms with Crippen molar-refractivity contribution >= 4 is 0 Å². The molecule has 0 bridgehead atoms. The maximum atomic E-state index is 9.75. The highest BCUT2D eigenvalue weighted by atomic mass is 16.5. The summed E-state index contributed by atoms with van der Waals surface area (Å²) in [6, 6.07) is 15.7. The topological polar surface area (TPSA) is 68.2 Å². The summed E-state index contributed by atoms with van der Waals surface area (Å²) in [5.74, 6) is 3.97. The Morgan fingerprint density at radius 1 is 0.893 bits per heavy atom. The van der Waals surface area contributed by atoms with Gasteiger partial charge < -0.3 is 24.4 Å². The summed E-state index contributed by atoms with van der Waals surface area (Å²) in [4.78, 5) is 0. The lowest BCUT2D eigenvalue weighted by Crippen LogP contribution is -2.23. The van der Waals surface area contributed by atoms with E-state index in [9.17, 15) is 5.11 Å². The fourth-order valence-electron chi connectivity index (χ4n) is 2.43. The number of aliphatic hydroxyl groups excluding tert-OH is 2. The van der Waals surface area contributed by atoms with Crippen molar-refractivity contribution in [2.75, 3.05) is 33.0 Å². The van der Waals surface area contributed by atoms with E-state index in [0.717, 1.165) is 17.7 Å². The zero-order valence-electron chi connectivity index (χ0n) is 16.2. The van der Waals surface area contributed by atoms with E-state index in [0.29, 0.717) is 12.4 Å². The predicted octanol–water partition coefficient (Wildman–Crippen LogP) is 2.67. The van der Waals surface area contributed by atoms with E-state index < -0.39 is 6.10 Å². The summed E-state index contributed by atoms with van der Waals surface area (Å²) in [5.41, 5.74) is 2.34. The lowest BCUT2D eigenvalue weighted by molar-refractivity contribution is 0.0229. The maximum absolute atomic E-state index is 9.75. The number of ether oxygens (including phenoxy) is 3. The standard InChI is InChI=1S/C23H28O5/c1-3-12-26-16-21(25)17-28-23-10-6-20(7-11-23)13-19-4-8-22(9-5-19)27-15-18(2)14-24/h1,4-11,18,21,24-25H,12-17H2,2H3. The summed E-state index contributed by atoms with van der Waals surface area (Å²) in [7, 11) is 0. The van der Waals surface area contributed by atoms with Crippen LogP contribution < -0.4 is 9.47 Å². The van der Waals surface area contributed by atoms with Crippen molar-refractivity contribution in [3.63, 3.8) is 0 Å². The molecule has 0 fully saturated rings. The average molecular weight is 384 g/mol. The largest absolute Gasteiger partial charge is 0.493 e. The third-order valence-electron chi connectivity index (χ3n) is 4.04. The first kappa shape index (κ1) is 21.8. The van der Waals surface area contributed by atoms with Gasteiger partial charge in [0.05, 0.1) is 13.2 Å². The molecule has 0 aliphatic rings. The van der Waals surface area contributed by atoms with Crippen molar-refractivity contribution < 1.29 is 24.4 Å². The fourth-order valence-corrected chi connectivity index (χ4v) is 2.43. The van der Waals surface area contributed by atoms with Crippen LogP contribution in [0.3, 0.4) is 0 Å². The molecule has 0 amide bonds. The van der Waals surface area contributed by atoms with Crippen LogP contribution in [0.1, 0.15) is 18.1 Å². The molecule has 2 aromatic rings. The van der Waals surface area contributed by atoms with Crippen molar-refractivity contribution in [2.45, 2.75) is 19.4 Å². The van der Waals surface area contributed by atoms with Crippen molar-refractivity contribution in [1.29, 1.82) is 0 Å². The predicted molar refractivity (Wildman–Crippen MR) is 109 cm³/mol. The number of hydrogen-bond acceptors (Lipinski definition) is 5. The van der Waals surface area contributed by atoms with Gasteiger partial charge in [0.1, 0.15) is 30.8 Å². The molecular weight excluding hydrogens is 356 g/mol. The SMILES string of the molecule is C#CCOCC(O)COc1ccc(Cc2ccc(OCC(C)CO)cc2)cc1. The molecule has 2 rings (SSSR count). The van der Waals surface area contributed by atoms with Crippen molar-refractivity contribution in [1.82, 2.24) is 0 Å². The Bertz CT molecular complexity index is 718. The molecule has 2 atom stereocenters. The molecule has 2 unspecified atom stereocenters. The van der Waals surface area contributed by atoms with Crippen LogP contribution in [0.4, 0.5) is 0 Å². The Kier molecular flexibility index (Phi) is 9.36. The molecule has 0 spiro atoms. The van der Waals surface area contributed by atoms with Gasteiger partial charge in [0.25, 0.3) is 0 Å². The molecule has 2 N–H and O–H groups in total. The normalized spacial score (nSPS) is 12.8. The van der Waals surface area contributed by atoms with Gasteiger partial charge in [-0.1, -0.05) is 37.1 Å². The van der Waals surface area contributed by atoms with Gasteiger partial charge in [-0.05, 0) is 41.8 Å². The first-order valence-electron chi connectivity index (χ1n) is 9.34. The second-order valence-corrected chi connectivity index (χ2v) is 6.75. The Balaban J connectivity index is 1.78. The molecule has 5 nitrogen and oxygen atoms in total. The molecule has 2 aromatic carbocycles. The van der Waals surface area contributed by atoms with Crippen LogP contribution in [0.25, 0.3) is 0 Å².